The van der Waals surface area contributed by atoms with Gasteiger partial charge in [0.1, 0.15) is 18.2 Å². The summed E-state index contributed by atoms with van der Waals surface area (Å²) >= 11 is 1.39. The number of nitrogens with one attached hydrogen (secondary N) is 1. The van der Waals surface area contributed by atoms with Crippen LogP contribution in [0, 0.1) is 23.7 Å². The number of piperidine rings is 1. The lowest BCUT2D eigenvalue weighted by molar-refractivity contribution is -0.150. The first-order valence-corrected chi connectivity index (χ1v) is 20.4. The van der Waals surface area contributed by atoms with E-state index in [1.54, 1.807) is 36.6 Å². The minimum atomic E-state index is -0.939. The summed E-state index contributed by atoms with van der Waals surface area (Å²) in [6, 6.07) is 5.85. The molecule has 1 aliphatic heterocycles. The van der Waals surface area contributed by atoms with Gasteiger partial charge in [0.25, 0.3) is 5.91 Å². The number of hydrogen-bond donors (Lipinski definition) is 3. The fourth-order valence-corrected chi connectivity index (χ4v) is 8.10. The number of benzene rings is 1. The Hall–Kier alpha value is -3.35. The van der Waals surface area contributed by atoms with Crippen molar-refractivity contribution in [3.8, 4) is 5.75 Å². The van der Waals surface area contributed by atoms with E-state index >= 15 is 0 Å². The largest absolute Gasteiger partial charge is 0.508 e. The molecule has 7 atom stereocenters. The first kappa shape index (κ1) is 44.0. The zero-order valence-electron chi connectivity index (χ0n) is 33.2. The van der Waals surface area contributed by atoms with Crippen molar-refractivity contribution in [2.45, 2.75) is 130 Å². The monoisotopic (exact) mass is 756 g/mol. The first-order valence-electron chi connectivity index (χ1n) is 19.5. The second kappa shape index (κ2) is 21.5. The van der Waals surface area contributed by atoms with Crippen LogP contribution in [0.3, 0.4) is 0 Å². The molecule has 3 rings (SSSR count). The number of aromatic hydroxyl groups is 1. The third kappa shape index (κ3) is 13.2. The van der Waals surface area contributed by atoms with Crippen LogP contribution in [0.15, 0.2) is 29.6 Å². The van der Waals surface area contributed by atoms with Crippen LogP contribution in [0.4, 0.5) is 0 Å². The third-order valence-electron chi connectivity index (χ3n) is 10.8. The molecule has 53 heavy (non-hydrogen) atoms. The van der Waals surface area contributed by atoms with Crippen molar-refractivity contribution in [2.75, 3.05) is 26.9 Å². The van der Waals surface area contributed by atoms with E-state index < -0.39 is 23.8 Å². The Morgan fingerprint density at radius 1 is 1.06 bits per heavy atom. The lowest BCUT2D eigenvalue weighted by Crippen LogP contribution is -2.50. The van der Waals surface area contributed by atoms with Gasteiger partial charge in [0, 0.05) is 42.3 Å². The molecule has 2 aromatic rings. The molecule has 296 valence electrons. The van der Waals surface area contributed by atoms with Crippen LogP contribution in [-0.4, -0.2) is 93.6 Å². The summed E-state index contributed by atoms with van der Waals surface area (Å²) in [6.07, 6.45) is 6.00. The van der Waals surface area contributed by atoms with E-state index in [0.717, 1.165) is 49.2 Å². The highest BCUT2D eigenvalue weighted by atomic mass is 32.1. The summed E-state index contributed by atoms with van der Waals surface area (Å²) in [4.78, 5) is 62.2. The molecule has 1 unspecified atom stereocenters. The number of carbonyl (C=O) groups excluding carboxylic acids is 3. The number of carboxylic acids is 1. The van der Waals surface area contributed by atoms with Gasteiger partial charge in [-0.1, -0.05) is 73.4 Å². The topological polar surface area (TPSA) is 149 Å². The van der Waals surface area contributed by atoms with E-state index in [-0.39, 0.29) is 78.5 Å². The summed E-state index contributed by atoms with van der Waals surface area (Å²) < 4.78 is 6.05. The third-order valence-corrected chi connectivity index (χ3v) is 11.9. The molecule has 0 aliphatic carbocycles. The molecule has 0 saturated carbocycles. The van der Waals surface area contributed by atoms with E-state index in [0.29, 0.717) is 19.4 Å². The molecular formula is C41H64N4O7S. The van der Waals surface area contributed by atoms with Crippen molar-refractivity contribution >= 4 is 34.9 Å². The first-order chi connectivity index (χ1) is 25.2. The minimum Gasteiger partial charge on any atom is -0.508 e. The van der Waals surface area contributed by atoms with Gasteiger partial charge < -0.3 is 25.2 Å². The quantitative estimate of drug-likeness (QED) is 0.0842. The molecule has 2 amide bonds. The Labute approximate surface area is 320 Å². The number of rotatable bonds is 22. The summed E-state index contributed by atoms with van der Waals surface area (Å²) in [7, 11) is 2.01. The van der Waals surface area contributed by atoms with Gasteiger partial charge in [-0.3, -0.25) is 24.1 Å². The van der Waals surface area contributed by atoms with Crippen LogP contribution in [0.1, 0.15) is 127 Å². The summed E-state index contributed by atoms with van der Waals surface area (Å²) in [5.41, 5.74) is 1.13. The standard InChI is InChI=1S/C41H64N4O7S/c1-9-19-52-25-45(40(49)33(27(5)10-2)23-37(47)35-13-11-12-18-44(35)8)36(26(3)4)21-28(6)39-43-34(24-53-39)38(48)42-31(20-29(7)41(50)51)22-30-14-16-32(46)17-15-30/h14-17,24,26-29,31,33,35-36,46H,9-13,18-23,25H2,1-8H3,(H,42,48)(H,50,51)/t27?,28-,29+,31-,33+,35-,36-/m1/s1. The lowest BCUT2D eigenvalue weighted by Gasteiger charge is -2.39. The number of nitrogens with zero attached hydrogens (tertiary/aromatic N) is 3. The van der Waals surface area contributed by atoms with E-state index in [1.165, 1.54) is 11.3 Å². The van der Waals surface area contributed by atoms with Crippen LogP contribution in [0.5, 0.6) is 5.75 Å². The average Bonchev–Trinajstić information content (AvgIpc) is 3.63. The Bertz CT molecular complexity index is 1460. The molecule has 1 aliphatic rings. The number of likely N-dealkylation sites (N-methyl/N-ethyl adjacent to an activating group) is 1. The van der Waals surface area contributed by atoms with Crippen molar-refractivity contribution < 1.29 is 34.1 Å². The summed E-state index contributed by atoms with van der Waals surface area (Å²) in [6.45, 7) is 15.6. The molecule has 1 aromatic heterocycles. The SMILES string of the molecule is CCCOCN(C(=O)[C@@H](CC(=O)[C@H]1CCCCN1C)C(C)CC)[C@H](C[C@@H](C)c1nc(C(=O)N[C@@H](Cc2ccc(O)cc2)C[C@H](C)C(=O)O)cs1)C(C)C. The predicted molar refractivity (Wildman–Crippen MR) is 209 cm³/mol. The molecule has 0 radical (unpaired) electrons. The van der Waals surface area contributed by atoms with Crippen LogP contribution in [-0.2, 0) is 25.5 Å². The van der Waals surface area contributed by atoms with Gasteiger partial charge in [0.15, 0.2) is 5.78 Å². The van der Waals surface area contributed by atoms with Crippen molar-refractivity contribution in [3.05, 3.63) is 45.9 Å². The van der Waals surface area contributed by atoms with Crippen molar-refractivity contribution in [2.24, 2.45) is 23.7 Å². The number of aromatic nitrogens is 1. The fraction of sp³-hybridized carbons (Fsp3) is 0.683. The number of carbonyl (C=O) groups is 4. The Balaban J connectivity index is 1.81. The highest BCUT2D eigenvalue weighted by Gasteiger charge is 2.38. The normalized spacial score (nSPS) is 18.5. The minimum absolute atomic E-state index is 0.0237. The van der Waals surface area contributed by atoms with E-state index in [4.69, 9.17) is 9.72 Å². The maximum absolute atomic E-state index is 14.6. The number of phenolic OH excluding ortho intramolecular Hbond substituents is 1. The number of thiazole rings is 1. The molecule has 1 saturated heterocycles. The average molecular weight is 757 g/mol. The highest BCUT2D eigenvalue weighted by molar-refractivity contribution is 7.09. The number of amides is 2. The Kier molecular flexibility index (Phi) is 17.9. The van der Waals surface area contributed by atoms with Crippen molar-refractivity contribution in [1.29, 1.82) is 0 Å². The molecule has 11 nitrogen and oxygen atoms in total. The van der Waals surface area contributed by atoms with E-state index in [9.17, 15) is 29.4 Å². The number of ketones is 1. The molecule has 0 bridgehead atoms. The second-order valence-electron chi connectivity index (χ2n) is 15.5. The van der Waals surface area contributed by atoms with Gasteiger partial charge in [0.2, 0.25) is 5.91 Å². The van der Waals surface area contributed by atoms with Crippen LogP contribution < -0.4 is 5.32 Å². The fourth-order valence-electron chi connectivity index (χ4n) is 7.23. The summed E-state index contributed by atoms with van der Waals surface area (Å²) in [5.74, 6) is -2.18. The Morgan fingerprint density at radius 2 is 1.75 bits per heavy atom. The van der Waals surface area contributed by atoms with Crippen molar-refractivity contribution in [3.63, 3.8) is 0 Å². The Morgan fingerprint density at radius 3 is 2.36 bits per heavy atom. The molecule has 12 heteroatoms. The van der Waals surface area contributed by atoms with Gasteiger partial charge in [-0.25, -0.2) is 4.98 Å². The molecule has 2 heterocycles. The van der Waals surface area contributed by atoms with Gasteiger partial charge >= 0.3 is 5.97 Å². The van der Waals surface area contributed by atoms with E-state index in [2.05, 4.69) is 44.8 Å². The highest BCUT2D eigenvalue weighted by Crippen LogP contribution is 2.32. The van der Waals surface area contributed by atoms with Gasteiger partial charge in [-0.15, -0.1) is 11.3 Å². The molecule has 1 aromatic carbocycles. The molecule has 1 fully saturated rings. The molecular weight excluding hydrogens is 693 g/mol. The number of ether oxygens (including phenoxy) is 1. The second-order valence-corrected chi connectivity index (χ2v) is 16.4. The number of likely N-dealkylation sites (tertiary alicyclic amines) is 1. The van der Waals surface area contributed by atoms with Gasteiger partial charge in [-0.2, -0.15) is 0 Å². The maximum atomic E-state index is 14.6. The number of aliphatic carboxylic acids is 1. The number of carboxylic acid groups (broad SMARTS) is 1. The lowest BCUT2D eigenvalue weighted by atomic mass is 9.82. The van der Waals surface area contributed by atoms with E-state index in [1.807, 2.05) is 18.9 Å². The number of hydrogen-bond acceptors (Lipinski definition) is 9. The summed E-state index contributed by atoms with van der Waals surface area (Å²) in [5, 5.41) is 24.7. The zero-order chi connectivity index (χ0) is 39.2. The number of phenols is 1. The predicted octanol–water partition coefficient (Wildman–Crippen LogP) is 7.14. The number of Topliss-reactive ketones (excluding diaryl/α,β-unsaturated/α-hetero) is 1. The van der Waals surface area contributed by atoms with Crippen LogP contribution in [0.25, 0.3) is 0 Å². The van der Waals surface area contributed by atoms with Gasteiger partial charge in [0.05, 0.1) is 17.0 Å². The van der Waals surface area contributed by atoms with Crippen molar-refractivity contribution in [1.82, 2.24) is 20.1 Å². The maximum Gasteiger partial charge on any atom is 0.306 e. The van der Waals surface area contributed by atoms with Crippen LogP contribution >= 0.6 is 11.3 Å². The molecule has 0 spiro atoms. The van der Waals surface area contributed by atoms with Crippen LogP contribution in [0.2, 0.25) is 0 Å². The molecule has 3 N–H and O–H groups in total. The smallest absolute Gasteiger partial charge is 0.306 e. The zero-order valence-corrected chi connectivity index (χ0v) is 34.0. The van der Waals surface area contributed by atoms with Gasteiger partial charge in [-0.05, 0) is 81.6 Å².